The molecule has 0 radical (unpaired) electrons. The smallest absolute Gasteiger partial charge is 0.0731 e. The van der Waals surface area contributed by atoms with E-state index in [1.54, 1.807) is 0 Å². The first-order valence-electron chi connectivity index (χ1n) is 6.02. The maximum Gasteiger partial charge on any atom is 0.0731 e. The van der Waals surface area contributed by atoms with Gasteiger partial charge in [0.2, 0.25) is 0 Å². The van der Waals surface area contributed by atoms with Crippen LogP contribution in [0.5, 0.6) is 0 Å². The van der Waals surface area contributed by atoms with Gasteiger partial charge in [0.15, 0.2) is 0 Å². The molecule has 1 heterocycles. The molecule has 0 amide bonds. The van der Waals surface area contributed by atoms with Crippen LogP contribution in [-0.2, 0) is 0 Å². The van der Waals surface area contributed by atoms with Gasteiger partial charge in [-0.1, -0.05) is 30.3 Å². The van der Waals surface area contributed by atoms with Crippen LogP contribution in [0.15, 0.2) is 42.7 Å². The molecule has 1 aromatic carbocycles. The van der Waals surface area contributed by atoms with Gasteiger partial charge in [-0.15, -0.1) is 0 Å². The van der Waals surface area contributed by atoms with E-state index in [9.17, 15) is 0 Å². The van der Waals surface area contributed by atoms with Crippen molar-refractivity contribution in [2.24, 2.45) is 0 Å². The molecule has 1 unspecified atom stereocenters. The van der Waals surface area contributed by atoms with Gasteiger partial charge in [0.1, 0.15) is 0 Å². The molecule has 1 atom stereocenters. The van der Waals surface area contributed by atoms with Crippen LogP contribution in [0.1, 0.15) is 38.4 Å². The average molecular weight is 229 g/mol. The summed E-state index contributed by atoms with van der Waals surface area (Å²) in [5, 5.41) is 7.77. The summed E-state index contributed by atoms with van der Waals surface area (Å²) >= 11 is 0. The molecule has 17 heavy (non-hydrogen) atoms. The fourth-order valence-corrected chi connectivity index (χ4v) is 1.77. The number of rotatable bonds is 4. The van der Waals surface area contributed by atoms with Crippen LogP contribution in [0.3, 0.4) is 0 Å². The van der Waals surface area contributed by atoms with Gasteiger partial charge in [0.25, 0.3) is 0 Å². The quantitative estimate of drug-likeness (QED) is 0.867. The molecule has 0 fully saturated rings. The molecule has 2 aromatic rings. The number of nitrogens with one attached hydrogen (secondary N) is 1. The Labute approximate surface area is 102 Å². The summed E-state index contributed by atoms with van der Waals surface area (Å²) in [5.74, 6) is 0. The second-order valence-corrected chi connectivity index (χ2v) is 4.58. The minimum atomic E-state index is 0.293. The van der Waals surface area contributed by atoms with Gasteiger partial charge in [-0.3, -0.25) is 4.68 Å². The highest BCUT2D eigenvalue weighted by molar-refractivity contribution is 5.41. The van der Waals surface area contributed by atoms with E-state index in [1.807, 2.05) is 23.1 Å². The number of aromatic nitrogens is 2. The predicted molar refractivity (Wildman–Crippen MR) is 71.1 cm³/mol. The van der Waals surface area contributed by atoms with Crippen molar-refractivity contribution in [2.45, 2.75) is 32.9 Å². The van der Waals surface area contributed by atoms with Gasteiger partial charge in [0, 0.05) is 18.3 Å². The first-order valence-corrected chi connectivity index (χ1v) is 6.02. The van der Waals surface area contributed by atoms with Crippen LogP contribution in [0.2, 0.25) is 0 Å². The normalized spacial score (nSPS) is 12.7. The summed E-state index contributed by atoms with van der Waals surface area (Å²) in [4.78, 5) is 0. The minimum absolute atomic E-state index is 0.293. The number of nitrogens with zero attached hydrogens (tertiary/aromatic N) is 2. The van der Waals surface area contributed by atoms with Gasteiger partial charge in [-0.05, 0) is 26.3 Å². The summed E-state index contributed by atoms with van der Waals surface area (Å²) in [6, 6.07) is 11.1. The van der Waals surface area contributed by atoms with Crippen LogP contribution in [0, 0.1) is 0 Å². The Kier molecular flexibility index (Phi) is 3.47. The Morgan fingerprint density at radius 1 is 1.12 bits per heavy atom. The number of anilines is 1. The van der Waals surface area contributed by atoms with E-state index in [0.29, 0.717) is 12.1 Å². The molecule has 0 spiro atoms. The van der Waals surface area contributed by atoms with Crippen LogP contribution in [-0.4, -0.2) is 9.78 Å². The van der Waals surface area contributed by atoms with Crippen LogP contribution in [0.25, 0.3) is 0 Å². The largest absolute Gasteiger partial charge is 0.376 e. The topological polar surface area (TPSA) is 29.9 Å². The molecular weight excluding hydrogens is 210 g/mol. The zero-order valence-corrected chi connectivity index (χ0v) is 10.6. The molecule has 0 aliphatic carbocycles. The summed E-state index contributed by atoms with van der Waals surface area (Å²) in [6.45, 7) is 6.40. The summed E-state index contributed by atoms with van der Waals surface area (Å²) < 4.78 is 1.96. The fraction of sp³-hybridized carbons (Fsp3) is 0.357. The zero-order valence-electron chi connectivity index (χ0n) is 10.6. The number of hydrogen-bond acceptors (Lipinski definition) is 2. The van der Waals surface area contributed by atoms with Crippen molar-refractivity contribution in [3.63, 3.8) is 0 Å². The molecule has 3 nitrogen and oxygen atoms in total. The fourth-order valence-electron chi connectivity index (χ4n) is 1.77. The second kappa shape index (κ2) is 5.04. The number of benzene rings is 1. The standard InChI is InChI=1S/C14H19N3/c1-11(2)17-10-14(9-15-17)16-12(3)13-7-5-4-6-8-13/h4-12,16H,1-3H3. The molecule has 0 saturated carbocycles. The summed E-state index contributed by atoms with van der Waals surface area (Å²) in [5.41, 5.74) is 2.35. The van der Waals surface area contributed by atoms with Crippen LogP contribution < -0.4 is 5.32 Å². The Hall–Kier alpha value is -1.77. The van der Waals surface area contributed by atoms with Gasteiger partial charge in [0.05, 0.1) is 11.9 Å². The van der Waals surface area contributed by atoms with Crippen LogP contribution >= 0.6 is 0 Å². The third kappa shape index (κ3) is 2.87. The van der Waals surface area contributed by atoms with Crippen molar-refractivity contribution < 1.29 is 0 Å². The Balaban J connectivity index is 2.05. The Morgan fingerprint density at radius 2 is 1.82 bits per heavy atom. The van der Waals surface area contributed by atoms with Crippen molar-refractivity contribution in [2.75, 3.05) is 5.32 Å². The third-order valence-electron chi connectivity index (χ3n) is 2.81. The molecule has 0 saturated heterocycles. The molecule has 1 N–H and O–H groups in total. The lowest BCUT2D eigenvalue weighted by atomic mass is 10.1. The van der Waals surface area contributed by atoms with Gasteiger partial charge >= 0.3 is 0 Å². The van der Waals surface area contributed by atoms with E-state index >= 15 is 0 Å². The highest BCUT2D eigenvalue weighted by Crippen LogP contribution is 2.19. The Morgan fingerprint density at radius 3 is 2.41 bits per heavy atom. The van der Waals surface area contributed by atoms with Crippen molar-refractivity contribution in [3.05, 3.63) is 48.3 Å². The minimum Gasteiger partial charge on any atom is -0.376 e. The first-order chi connectivity index (χ1) is 8.16. The molecule has 3 heteroatoms. The van der Waals surface area contributed by atoms with Gasteiger partial charge in [-0.25, -0.2) is 0 Å². The van der Waals surface area contributed by atoms with E-state index in [2.05, 4.69) is 55.5 Å². The maximum atomic E-state index is 4.32. The zero-order chi connectivity index (χ0) is 12.3. The summed E-state index contributed by atoms with van der Waals surface area (Å²) in [7, 11) is 0. The Bertz CT molecular complexity index is 459. The number of hydrogen-bond donors (Lipinski definition) is 1. The van der Waals surface area contributed by atoms with E-state index in [1.165, 1.54) is 5.56 Å². The lowest BCUT2D eigenvalue weighted by Gasteiger charge is -2.13. The molecule has 0 aliphatic heterocycles. The van der Waals surface area contributed by atoms with Gasteiger partial charge < -0.3 is 5.32 Å². The van der Waals surface area contributed by atoms with E-state index in [4.69, 9.17) is 0 Å². The van der Waals surface area contributed by atoms with E-state index in [0.717, 1.165) is 5.69 Å². The predicted octanol–water partition coefficient (Wildman–Crippen LogP) is 3.64. The molecule has 0 aliphatic rings. The average Bonchev–Trinajstić information content (AvgIpc) is 2.79. The molecule has 1 aromatic heterocycles. The molecule has 0 bridgehead atoms. The summed E-state index contributed by atoms with van der Waals surface area (Å²) in [6.07, 6.45) is 3.92. The van der Waals surface area contributed by atoms with Crippen molar-refractivity contribution in [3.8, 4) is 0 Å². The lowest BCUT2D eigenvalue weighted by Crippen LogP contribution is -2.06. The SMILES string of the molecule is CC(Nc1cnn(C(C)C)c1)c1ccccc1. The van der Waals surface area contributed by atoms with E-state index in [-0.39, 0.29) is 0 Å². The monoisotopic (exact) mass is 229 g/mol. The highest BCUT2D eigenvalue weighted by atomic mass is 15.3. The molecule has 2 rings (SSSR count). The molecular formula is C14H19N3. The van der Waals surface area contributed by atoms with Crippen molar-refractivity contribution >= 4 is 5.69 Å². The van der Waals surface area contributed by atoms with Crippen molar-refractivity contribution in [1.82, 2.24) is 9.78 Å². The lowest BCUT2D eigenvalue weighted by molar-refractivity contribution is 0.532. The van der Waals surface area contributed by atoms with Crippen LogP contribution in [0.4, 0.5) is 5.69 Å². The maximum absolute atomic E-state index is 4.32. The van der Waals surface area contributed by atoms with Crippen molar-refractivity contribution in [1.29, 1.82) is 0 Å². The second-order valence-electron chi connectivity index (χ2n) is 4.58. The third-order valence-corrected chi connectivity index (χ3v) is 2.81. The van der Waals surface area contributed by atoms with E-state index < -0.39 is 0 Å². The first kappa shape index (κ1) is 11.7. The van der Waals surface area contributed by atoms with Gasteiger partial charge in [-0.2, -0.15) is 5.10 Å². The molecule has 90 valence electrons. The highest BCUT2D eigenvalue weighted by Gasteiger charge is 2.06.